The van der Waals surface area contributed by atoms with Gasteiger partial charge in [-0.1, -0.05) is 35.0 Å². The summed E-state index contributed by atoms with van der Waals surface area (Å²) in [5.41, 5.74) is 0.364. The molecule has 0 spiro atoms. The van der Waals surface area contributed by atoms with Crippen LogP contribution in [0.1, 0.15) is 6.42 Å². The molecule has 0 radical (unpaired) electrons. The smallest absolute Gasteiger partial charge is 0.388 e. The van der Waals surface area contributed by atoms with Crippen molar-refractivity contribution >= 4 is 86.7 Å². The fourth-order valence-corrected chi connectivity index (χ4v) is 8.34. The molecule has 4 atom stereocenters. The number of imidazole rings is 1. The number of hydrogen-bond donors (Lipinski definition) is 6. The third-order valence-corrected chi connectivity index (χ3v) is 14.3. The summed E-state index contributed by atoms with van der Waals surface area (Å²) in [5.74, 6) is 0.563. The van der Waals surface area contributed by atoms with E-state index in [1.165, 1.54) is 22.7 Å². The number of methoxy groups -OCH3 is 1. The summed E-state index contributed by atoms with van der Waals surface area (Å²) in [4.78, 5) is 50.4. The molecule has 26 heteroatoms. The van der Waals surface area contributed by atoms with Gasteiger partial charge in [-0.2, -0.15) is 24.9 Å². The number of thioether (sulfide) groups is 2. The number of ether oxygens (including phenoxy) is 1. The lowest BCUT2D eigenvalue weighted by atomic mass is 10.2. The number of alkyl halides is 5. The number of hydrogen-bond acceptors (Lipinski definition) is 13. The summed E-state index contributed by atoms with van der Waals surface area (Å²) in [6.45, 7) is -0.877. The van der Waals surface area contributed by atoms with Gasteiger partial charge >= 0.3 is 33.0 Å². The quantitative estimate of drug-likeness (QED) is 0.0418. The molecular weight excluding hydrogens is 735 g/mol. The van der Waals surface area contributed by atoms with Gasteiger partial charge in [0.2, 0.25) is 0 Å². The second-order valence-corrected chi connectivity index (χ2v) is 18.4. The van der Waals surface area contributed by atoms with Crippen LogP contribution in [0, 0.1) is 0 Å². The molecular formula is C17H27Cl2F3N5O11P3S2. The van der Waals surface area contributed by atoms with E-state index in [0.717, 1.165) is 18.9 Å². The minimum Gasteiger partial charge on any atom is -0.388 e. The number of aliphatic hydroxyl groups is 1. The van der Waals surface area contributed by atoms with E-state index < -0.39 is 58.2 Å². The highest BCUT2D eigenvalue weighted by atomic mass is 35.5. The zero-order chi connectivity index (χ0) is 32.9. The lowest BCUT2D eigenvalue weighted by molar-refractivity contribution is -0.129. The lowest BCUT2D eigenvalue weighted by Gasteiger charge is -2.27. The normalized spacial score (nSPS) is 17.4. The Morgan fingerprint density at radius 3 is 2.35 bits per heavy atom. The molecule has 2 aromatic rings. The van der Waals surface area contributed by atoms with Crippen LogP contribution >= 0.6 is 69.7 Å². The first kappa shape index (κ1) is 39.0. The van der Waals surface area contributed by atoms with Crippen molar-refractivity contribution in [2.75, 3.05) is 43.3 Å². The van der Waals surface area contributed by atoms with Crippen molar-refractivity contribution in [1.29, 1.82) is 0 Å². The lowest BCUT2D eigenvalue weighted by Crippen LogP contribution is -2.35. The van der Waals surface area contributed by atoms with Gasteiger partial charge in [-0.3, -0.25) is 13.7 Å². The van der Waals surface area contributed by atoms with E-state index >= 15 is 0 Å². The van der Waals surface area contributed by atoms with Gasteiger partial charge < -0.3 is 39.3 Å². The number of nitrogens with zero attached hydrogens (tertiary/aromatic N) is 4. The fraction of sp³-hybridized carbons (Fsp3) is 0.706. The van der Waals surface area contributed by atoms with Crippen LogP contribution < -0.4 is 5.32 Å². The molecule has 0 aliphatic carbocycles. The fourth-order valence-electron chi connectivity index (χ4n) is 2.98. The summed E-state index contributed by atoms with van der Waals surface area (Å²) in [5, 5.41) is 13.8. The number of phosphoric acid groups is 1. The highest BCUT2D eigenvalue weighted by Crippen LogP contribution is 2.79. The van der Waals surface area contributed by atoms with Crippen LogP contribution in [-0.4, -0.2) is 104 Å². The van der Waals surface area contributed by atoms with Gasteiger partial charge in [0.05, 0.1) is 25.9 Å². The molecule has 2 unspecified atom stereocenters. The number of aromatic nitrogens is 4. The first-order valence-corrected chi connectivity index (χ1v) is 19.3. The molecule has 248 valence electrons. The van der Waals surface area contributed by atoms with Crippen molar-refractivity contribution in [3.05, 3.63) is 6.33 Å². The van der Waals surface area contributed by atoms with Crippen molar-refractivity contribution in [2.45, 2.75) is 40.3 Å². The zero-order valence-corrected chi connectivity index (χ0v) is 27.8. The maximum atomic E-state index is 12.6. The van der Waals surface area contributed by atoms with E-state index in [9.17, 15) is 41.8 Å². The second-order valence-electron chi connectivity index (χ2n) is 8.32. The zero-order valence-electron chi connectivity index (χ0n) is 22.0. The molecule has 2 aromatic heterocycles. The Morgan fingerprint density at radius 1 is 1.14 bits per heavy atom. The predicted molar refractivity (Wildman–Crippen MR) is 154 cm³/mol. The topological polar surface area (TPSA) is 236 Å². The van der Waals surface area contributed by atoms with E-state index in [-0.39, 0.29) is 34.4 Å². The van der Waals surface area contributed by atoms with Crippen LogP contribution in [0.5, 0.6) is 0 Å². The Hall–Kier alpha value is -0.210. The summed E-state index contributed by atoms with van der Waals surface area (Å²) in [7, 11) is -16.2. The Kier molecular flexibility index (Phi) is 14.1. The van der Waals surface area contributed by atoms with Crippen LogP contribution in [0.4, 0.5) is 19.0 Å². The standard InChI is InChI=1S/C17H27Cl2F3N5O11P3S2/c1-36-11(8-37-41(34,35)38-40(32,33)17(18,19)39(29,30)31)10(28)7-27-9-24-12-13(23-4-6-42-2)25-15(26-14(12)27)43-5-3-16(20,21)22/h9-11,28H,3-8H2,1-2H3,(H,32,33)(H,34,35)(H,23,25,26)(H2,29,30,31)/t10-,11+/m0/s1. The molecule has 16 nitrogen and oxygen atoms in total. The minimum atomic E-state index is -5.91. The first-order chi connectivity index (χ1) is 19.6. The Balaban J connectivity index is 2.22. The Morgan fingerprint density at radius 2 is 1.79 bits per heavy atom. The molecule has 0 bridgehead atoms. The maximum Gasteiger partial charge on any atom is 0.479 e. The molecule has 2 rings (SSSR count). The van der Waals surface area contributed by atoms with Crippen molar-refractivity contribution < 1.29 is 65.1 Å². The highest BCUT2D eigenvalue weighted by molar-refractivity contribution is 7.99. The van der Waals surface area contributed by atoms with Crippen LogP contribution in [0.2, 0.25) is 0 Å². The van der Waals surface area contributed by atoms with Crippen molar-refractivity contribution in [2.24, 2.45) is 0 Å². The third kappa shape index (κ3) is 11.2. The molecule has 0 amide bonds. The molecule has 2 heterocycles. The molecule has 43 heavy (non-hydrogen) atoms. The number of nitrogens with one attached hydrogen (secondary N) is 1. The number of anilines is 1. The first-order valence-electron chi connectivity index (χ1n) is 11.4. The van der Waals surface area contributed by atoms with Crippen LogP contribution in [0.3, 0.4) is 0 Å². The number of aliphatic hydroxyl groups excluding tert-OH is 1. The molecule has 0 fully saturated rings. The molecule has 0 saturated carbocycles. The predicted octanol–water partition coefficient (Wildman–Crippen LogP) is 3.61. The number of phosphoric ester groups is 1. The molecule has 0 aromatic carbocycles. The molecule has 0 aliphatic heterocycles. The van der Waals surface area contributed by atoms with Gasteiger partial charge in [0.25, 0.3) is 0 Å². The van der Waals surface area contributed by atoms with Gasteiger partial charge in [0.15, 0.2) is 22.1 Å². The van der Waals surface area contributed by atoms with Gasteiger partial charge in [-0.05, 0) is 6.26 Å². The minimum absolute atomic E-state index is 0.00281. The van der Waals surface area contributed by atoms with E-state index in [1.807, 2.05) is 6.26 Å². The molecule has 0 saturated heterocycles. The molecule has 0 aliphatic rings. The number of halogens is 5. The largest absolute Gasteiger partial charge is 0.479 e. The molecule has 6 N–H and O–H groups in total. The SMILES string of the molecule is CO[C@H](COP(=O)(O)OP(=O)(O)C(Cl)(Cl)P(=O)(O)O)[C@@H](O)Cn1cnc2c(NCCSC)nc(SCCC(F)(F)F)nc21. The average molecular weight is 762 g/mol. The number of rotatable bonds is 18. The average Bonchev–Trinajstić information content (AvgIpc) is 3.25. The third-order valence-electron chi connectivity index (χ3n) is 5.08. The number of fused-ring (bicyclic) bond motifs is 1. The van der Waals surface area contributed by atoms with Gasteiger partial charge in [-0.15, -0.1) is 0 Å². The van der Waals surface area contributed by atoms with Crippen LogP contribution in [-0.2, 0) is 33.8 Å². The van der Waals surface area contributed by atoms with Gasteiger partial charge in [-0.25, -0.2) is 23.8 Å². The second kappa shape index (κ2) is 15.6. The van der Waals surface area contributed by atoms with Crippen molar-refractivity contribution in [3.63, 3.8) is 0 Å². The van der Waals surface area contributed by atoms with Gasteiger partial charge in [0.1, 0.15) is 12.2 Å². The highest BCUT2D eigenvalue weighted by Gasteiger charge is 2.62. The monoisotopic (exact) mass is 761 g/mol. The Bertz CT molecular complexity index is 1390. The van der Waals surface area contributed by atoms with E-state index in [1.54, 1.807) is 0 Å². The van der Waals surface area contributed by atoms with E-state index in [4.69, 9.17) is 37.7 Å². The van der Waals surface area contributed by atoms with Gasteiger partial charge in [0, 0.05) is 25.2 Å². The van der Waals surface area contributed by atoms with E-state index in [2.05, 4.69) is 29.1 Å². The van der Waals surface area contributed by atoms with Crippen molar-refractivity contribution in [1.82, 2.24) is 19.5 Å². The summed E-state index contributed by atoms with van der Waals surface area (Å²) < 4.78 is 84.7. The summed E-state index contributed by atoms with van der Waals surface area (Å²) in [6, 6.07) is 0. The maximum absolute atomic E-state index is 12.6. The summed E-state index contributed by atoms with van der Waals surface area (Å²) in [6.07, 6.45) is -5.32. The van der Waals surface area contributed by atoms with Crippen LogP contribution in [0.25, 0.3) is 11.2 Å². The van der Waals surface area contributed by atoms with Crippen LogP contribution in [0.15, 0.2) is 11.5 Å². The summed E-state index contributed by atoms with van der Waals surface area (Å²) >= 11 is 12.7. The van der Waals surface area contributed by atoms with Crippen molar-refractivity contribution in [3.8, 4) is 0 Å². The van der Waals surface area contributed by atoms with E-state index in [0.29, 0.717) is 12.3 Å². The Labute approximate surface area is 260 Å².